The highest BCUT2D eigenvalue weighted by Crippen LogP contribution is 2.21. The summed E-state index contributed by atoms with van der Waals surface area (Å²) in [5.74, 6) is -6.03. The predicted octanol–water partition coefficient (Wildman–Crippen LogP) is -1.76. The first-order valence-corrected chi connectivity index (χ1v) is 9.27. The number of likely N-dealkylation sites (tertiary alicyclic amines) is 1. The number of hydrogen-bond donors (Lipinski definition) is 5. The maximum atomic E-state index is 11.4. The molecule has 0 saturated carbocycles. The van der Waals surface area contributed by atoms with Crippen LogP contribution in [0, 0.1) is 0 Å². The van der Waals surface area contributed by atoms with Gasteiger partial charge >= 0.3 is 29.8 Å². The molecule has 0 radical (unpaired) electrons. The Morgan fingerprint density at radius 2 is 1.23 bits per heavy atom. The molecule has 30 heavy (non-hydrogen) atoms. The van der Waals surface area contributed by atoms with Crippen LogP contribution in [0.2, 0.25) is 0 Å². The van der Waals surface area contributed by atoms with Gasteiger partial charge in [0.1, 0.15) is 0 Å². The van der Waals surface area contributed by atoms with Crippen LogP contribution in [0.3, 0.4) is 0 Å². The number of aliphatic carboxylic acids is 5. The van der Waals surface area contributed by atoms with Gasteiger partial charge in [0.15, 0.2) is 0 Å². The first-order valence-electron chi connectivity index (χ1n) is 9.27. The maximum absolute atomic E-state index is 11.4. The second-order valence-corrected chi connectivity index (χ2v) is 7.21. The van der Waals surface area contributed by atoms with Gasteiger partial charge in [0, 0.05) is 25.2 Å². The lowest BCUT2D eigenvalue weighted by Crippen LogP contribution is -2.52. The number of rotatable bonds is 13. The van der Waals surface area contributed by atoms with E-state index in [1.54, 1.807) is 0 Å². The molecule has 0 aromatic carbocycles. The van der Waals surface area contributed by atoms with Crippen molar-refractivity contribution in [2.24, 2.45) is 0 Å². The molecule has 1 aliphatic heterocycles. The fourth-order valence-electron chi connectivity index (χ4n) is 3.68. The number of hydrogen-bond acceptors (Lipinski definition) is 8. The Bertz CT molecular complexity index is 624. The predicted molar refractivity (Wildman–Crippen MR) is 99.2 cm³/mol. The van der Waals surface area contributed by atoms with E-state index in [1.807, 2.05) is 0 Å². The van der Waals surface area contributed by atoms with E-state index in [2.05, 4.69) is 0 Å². The van der Waals surface area contributed by atoms with Gasteiger partial charge in [-0.15, -0.1) is 0 Å². The van der Waals surface area contributed by atoms with Crippen molar-refractivity contribution in [2.75, 3.05) is 45.8 Å². The summed E-state index contributed by atoms with van der Waals surface area (Å²) in [6.07, 6.45) is 1.35. The highest BCUT2D eigenvalue weighted by Gasteiger charge is 2.33. The molecule has 1 saturated heterocycles. The van der Waals surface area contributed by atoms with Crippen molar-refractivity contribution in [1.29, 1.82) is 0 Å². The monoisotopic (exact) mass is 433 g/mol. The van der Waals surface area contributed by atoms with Crippen LogP contribution in [0.1, 0.15) is 19.3 Å². The maximum Gasteiger partial charge on any atom is 0.317 e. The Balaban J connectivity index is 3.04. The molecule has 5 N–H and O–H groups in total. The molecular weight excluding hydrogens is 406 g/mol. The van der Waals surface area contributed by atoms with E-state index in [1.165, 1.54) is 14.7 Å². The molecule has 0 spiro atoms. The molecule has 0 aromatic rings. The van der Waals surface area contributed by atoms with Crippen molar-refractivity contribution in [2.45, 2.75) is 31.3 Å². The van der Waals surface area contributed by atoms with Gasteiger partial charge < -0.3 is 25.5 Å². The van der Waals surface area contributed by atoms with Crippen molar-refractivity contribution >= 4 is 29.8 Å². The van der Waals surface area contributed by atoms with Gasteiger partial charge in [-0.25, -0.2) is 0 Å². The van der Waals surface area contributed by atoms with E-state index in [4.69, 9.17) is 20.4 Å². The number of nitrogens with zero attached hydrogens (tertiary/aromatic N) is 3. The van der Waals surface area contributed by atoms with Gasteiger partial charge in [0.2, 0.25) is 0 Å². The van der Waals surface area contributed by atoms with Crippen LogP contribution < -0.4 is 0 Å². The zero-order chi connectivity index (χ0) is 22.8. The molecule has 0 aromatic heterocycles. The summed E-state index contributed by atoms with van der Waals surface area (Å²) >= 11 is 0. The summed E-state index contributed by atoms with van der Waals surface area (Å²) in [6.45, 7) is -2.47. The smallest absolute Gasteiger partial charge is 0.317 e. The molecule has 2 atom stereocenters. The van der Waals surface area contributed by atoms with Gasteiger partial charge in [-0.3, -0.25) is 38.7 Å². The van der Waals surface area contributed by atoms with Crippen molar-refractivity contribution in [3.05, 3.63) is 0 Å². The quantitative estimate of drug-likeness (QED) is 0.219. The van der Waals surface area contributed by atoms with Gasteiger partial charge in [0.25, 0.3) is 0 Å². The van der Waals surface area contributed by atoms with Crippen LogP contribution in [0.4, 0.5) is 0 Å². The third-order valence-corrected chi connectivity index (χ3v) is 4.75. The van der Waals surface area contributed by atoms with E-state index < -0.39 is 74.7 Å². The van der Waals surface area contributed by atoms with Crippen LogP contribution in [-0.2, 0) is 24.0 Å². The zero-order valence-corrected chi connectivity index (χ0v) is 16.3. The molecule has 1 aliphatic rings. The standard InChI is InChI=1S/C17H27N3O10/c21-13(22)6-18(7-14(23)24)4-11-2-1-3-12(5-19(11)8-15(25)26)20(9-16(27)28)10-17(29)30/h11-12H,1-10H2,(H,21,22)(H,23,24)(H,25,26)(H,27,28)(H,29,30)/t11-,12-/m1/s1. The number of carbonyl (C=O) groups is 5. The molecule has 1 fully saturated rings. The summed E-state index contributed by atoms with van der Waals surface area (Å²) in [4.78, 5) is 59.7. The van der Waals surface area contributed by atoms with E-state index >= 15 is 0 Å². The first-order chi connectivity index (χ1) is 14.0. The molecule has 0 amide bonds. The Hall–Kier alpha value is -2.77. The highest BCUT2D eigenvalue weighted by molar-refractivity contribution is 5.73. The van der Waals surface area contributed by atoms with Gasteiger partial charge in [-0.05, 0) is 12.8 Å². The topological polar surface area (TPSA) is 196 Å². The minimum Gasteiger partial charge on any atom is -0.480 e. The molecule has 170 valence electrons. The van der Waals surface area contributed by atoms with Gasteiger partial charge in [-0.2, -0.15) is 0 Å². The van der Waals surface area contributed by atoms with E-state index in [-0.39, 0.29) is 13.1 Å². The van der Waals surface area contributed by atoms with Crippen LogP contribution in [0.5, 0.6) is 0 Å². The average molecular weight is 433 g/mol. The number of carboxylic acids is 5. The van der Waals surface area contributed by atoms with Crippen LogP contribution in [0.25, 0.3) is 0 Å². The van der Waals surface area contributed by atoms with Crippen LogP contribution in [0.15, 0.2) is 0 Å². The third kappa shape index (κ3) is 9.62. The Morgan fingerprint density at radius 3 is 1.67 bits per heavy atom. The van der Waals surface area contributed by atoms with Gasteiger partial charge in [-0.1, -0.05) is 6.42 Å². The second-order valence-electron chi connectivity index (χ2n) is 7.21. The lowest BCUT2D eigenvalue weighted by atomic mass is 10.1. The molecule has 0 aliphatic carbocycles. The Morgan fingerprint density at radius 1 is 0.733 bits per heavy atom. The van der Waals surface area contributed by atoms with Crippen molar-refractivity contribution in [3.8, 4) is 0 Å². The lowest BCUT2D eigenvalue weighted by Gasteiger charge is -2.35. The van der Waals surface area contributed by atoms with Crippen molar-refractivity contribution in [1.82, 2.24) is 14.7 Å². The van der Waals surface area contributed by atoms with E-state index in [0.717, 1.165) is 0 Å². The zero-order valence-electron chi connectivity index (χ0n) is 16.3. The molecular formula is C17H27N3O10. The molecule has 1 rings (SSSR count). The van der Waals surface area contributed by atoms with Gasteiger partial charge in [0.05, 0.1) is 32.7 Å². The summed E-state index contributed by atoms with van der Waals surface area (Å²) in [6, 6.07) is -1.02. The normalized spacial score (nSPS) is 20.1. The lowest BCUT2D eigenvalue weighted by molar-refractivity contribution is -0.144. The average Bonchev–Trinajstić information content (AvgIpc) is 2.74. The fourth-order valence-corrected chi connectivity index (χ4v) is 3.68. The first kappa shape index (κ1) is 25.3. The SMILES string of the molecule is O=C(O)CN(CC(=O)O)C[C@H]1CCC[C@@H](N(CC(=O)O)CC(=O)O)CN1CC(=O)O. The second kappa shape index (κ2) is 12.0. The minimum atomic E-state index is -1.22. The van der Waals surface area contributed by atoms with Crippen LogP contribution >= 0.6 is 0 Å². The molecule has 0 unspecified atom stereocenters. The number of carboxylic acid groups (broad SMARTS) is 5. The summed E-state index contributed by atoms with van der Waals surface area (Å²) in [7, 11) is 0. The van der Waals surface area contributed by atoms with E-state index in [0.29, 0.717) is 19.3 Å². The Labute approximate surface area is 172 Å². The van der Waals surface area contributed by atoms with Crippen molar-refractivity contribution < 1.29 is 49.5 Å². The Kier molecular flexibility index (Phi) is 10.1. The largest absolute Gasteiger partial charge is 0.480 e. The van der Waals surface area contributed by atoms with E-state index in [9.17, 15) is 29.1 Å². The molecule has 0 bridgehead atoms. The summed E-state index contributed by atoms with van der Waals surface area (Å²) < 4.78 is 0. The molecule has 13 heteroatoms. The molecule has 13 nitrogen and oxygen atoms in total. The van der Waals surface area contributed by atoms with Crippen molar-refractivity contribution in [3.63, 3.8) is 0 Å². The highest BCUT2D eigenvalue weighted by atomic mass is 16.4. The molecule has 1 heterocycles. The van der Waals surface area contributed by atoms with Crippen LogP contribution in [-0.4, -0.2) is 128 Å². The summed E-state index contributed by atoms with van der Waals surface area (Å²) in [5.41, 5.74) is 0. The third-order valence-electron chi connectivity index (χ3n) is 4.75. The fraction of sp³-hybridized carbons (Fsp3) is 0.706. The minimum absolute atomic E-state index is 0.00351. The summed E-state index contributed by atoms with van der Waals surface area (Å²) in [5, 5.41) is 45.5.